The third kappa shape index (κ3) is 10.1. The van der Waals surface area contributed by atoms with E-state index in [4.69, 9.17) is 11.2 Å². The van der Waals surface area contributed by atoms with Gasteiger partial charge in [0.05, 0.1) is 12.6 Å². The number of likely N-dealkylation sites (tertiary alicyclic amines) is 1. The number of carbonyl (C=O) groups excluding carboxylic acids is 3. The van der Waals surface area contributed by atoms with Crippen molar-refractivity contribution >= 4 is 29.1 Å². The molecule has 0 radical (unpaired) electrons. The van der Waals surface area contributed by atoms with Gasteiger partial charge in [-0.25, -0.2) is 9.78 Å². The Morgan fingerprint density at radius 3 is 2.61 bits per heavy atom. The topological polar surface area (TPSA) is 112 Å². The number of piperidine rings is 1. The number of terminal acetylenes is 1. The first kappa shape index (κ1) is 34.7. The Labute approximate surface area is 250 Å². The Hall–Kier alpha value is -2.48. The lowest BCUT2D eigenvalue weighted by Gasteiger charge is -2.40. The van der Waals surface area contributed by atoms with Crippen molar-refractivity contribution in [2.24, 2.45) is 11.8 Å². The van der Waals surface area contributed by atoms with E-state index in [1.54, 1.807) is 12.3 Å². The summed E-state index contributed by atoms with van der Waals surface area (Å²) in [6, 6.07) is -1.24. The lowest BCUT2D eigenvalue weighted by atomic mass is 9.91. The highest BCUT2D eigenvalue weighted by molar-refractivity contribution is 7.09. The van der Waals surface area contributed by atoms with E-state index in [2.05, 4.69) is 21.1 Å². The maximum absolute atomic E-state index is 14.3. The summed E-state index contributed by atoms with van der Waals surface area (Å²) in [6.45, 7) is 11.4. The minimum absolute atomic E-state index is 0.0171. The second kappa shape index (κ2) is 17.5. The van der Waals surface area contributed by atoms with Crippen LogP contribution in [-0.4, -0.2) is 82.5 Å². The highest BCUT2D eigenvalue weighted by Crippen LogP contribution is 2.29. The van der Waals surface area contributed by atoms with Crippen molar-refractivity contribution in [3.05, 3.63) is 16.1 Å². The maximum Gasteiger partial charge on any atom is 0.357 e. The fraction of sp³-hybridized carbons (Fsp3) is 0.742. The van der Waals surface area contributed by atoms with Gasteiger partial charge in [0.25, 0.3) is 0 Å². The van der Waals surface area contributed by atoms with Crippen LogP contribution in [0.4, 0.5) is 0 Å². The molecule has 2 rings (SSSR count). The van der Waals surface area contributed by atoms with Gasteiger partial charge in [-0.15, -0.1) is 23.7 Å². The molecular weight excluding hydrogens is 540 g/mol. The molecule has 2 N–H and O–H groups in total. The van der Waals surface area contributed by atoms with E-state index in [9.17, 15) is 19.5 Å². The highest BCUT2D eigenvalue weighted by Gasteiger charge is 2.37. The van der Waals surface area contributed by atoms with Crippen molar-refractivity contribution < 1.29 is 24.2 Å². The molecule has 1 aromatic rings. The van der Waals surface area contributed by atoms with Gasteiger partial charge in [-0.1, -0.05) is 40.5 Å². The van der Waals surface area contributed by atoms with Crippen molar-refractivity contribution in [3.63, 3.8) is 0 Å². The van der Waals surface area contributed by atoms with Crippen LogP contribution in [-0.2, 0) is 14.3 Å². The van der Waals surface area contributed by atoms with Crippen LogP contribution in [0.25, 0.3) is 0 Å². The van der Waals surface area contributed by atoms with Gasteiger partial charge in [0.15, 0.2) is 5.69 Å². The van der Waals surface area contributed by atoms with E-state index in [1.165, 1.54) is 11.3 Å². The largest absolute Gasteiger partial charge is 0.461 e. The van der Waals surface area contributed by atoms with Crippen molar-refractivity contribution in [1.29, 1.82) is 0 Å². The minimum atomic E-state index is -0.968. The molecule has 1 aliphatic heterocycles. The summed E-state index contributed by atoms with van der Waals surface area (Å²) in [4.78, 5) is 48.1. The van der Waals surface area contributed by atoms with Gasteiger partial charge in [0.2, 0.25) is 11.8 Å². The van der Waals surface area contributed by atoms with Crippen LogP contribution in [0.5, 0.6) is 0 Å². The summed E-state index contributed by atoms with van der Waals surface area (Å²) in [5, 5.41) is 16.3. The Balaban J connectivity index is 2.33. The molecule has 2 amide bonds. The van der Waals surface area contributed by atoms with Gasteiger partial charge >= 0.3 is 5.97 Å². The number of aromatic nitrogens is 1. The number of esters is 1. The van der Waals surface area contributed by atoms with Crippen LogP contribution in [0.2, 0.25) is 0 Å². The number of aliphatic hydroxyl groups is 1. The molecule has 1 saturated heterocycles. The molecule has 10 heteroatoms. The molecule has 1 fully saturated rings. The molecule has 5 atom stereocenters. The average Bonchev–Trinajstić information content (AvgIpc) is 3.45. The van der Waals surface area contributed by atoms with Gasteiger partial charge in [-0.2, -0.15) is 0 Å². The van der Waals surface area contributed by atoms with Crippen LogP contribution < -0.4 is 5.32 Å². The van der Waals surface area contributed by atoms with Gasteiger partial charge in [-0.3, -0.25) is 14.5 Å². The van der Waals surface area contributed by atoms with Gasteiger partial charge < -0.3 is 20.1 Å². The average molecular weight is 591 g/mol. The summed E-state index contributed by atoms with van der Waals surface area (Å²) in [5.74, 6) is 1.85. The Morgan fingerprint density at radius 2 is 2.00 bits per heavy atom. The van der Waals surface area contributed by atoms with E-state index in [-0.39, 0.29) is 54.5 Å². The zero-order valence-corrected chi connectivity index (χ0v) is 26.5. The molecule has 9 nitrogen and oxygen atoms in total. The van der Waals surface area contributed by atoms with Crippen molar-refractivity contribution in [1.82, 2.24) is 20.1 Å². The first-order valence-corrected chi connectivity index (χ1v) is 16.0. The third-order valence-corrected chi connectivity index (χ3v) is 8.98. The Kier molecular flexibility index (Phi) is 14.8. The number of nitrogens with one attached hydrogen (secondary N) is 1. The second-order valence-corrected chi connectivity index (χ2v) is 12.3. The number of hydrogen-bond donors (Lipinski definition) is 2. The van der Waals surface area contributed by atoms with E-state index in [1.807, 2.05) is 39.6 Å². The fourth-order valence-corrected chi connectivity index (χ4v) is 6.08. The maximum atomic E-state index is 14.3. The molecule has 0 unspecified atom stereocenters. The molecule has 1 aromatic heterocycles. The SMILES string of the molecule is C#CCCCCN(C(=O)[C@@H](NC(=O)[C@H]1CCCCN1C)[C@@H](C)CC)[C@H](C[C@@H](O)c1nc(C(=O)OCC)cs1)C(C)C. The van der Waals surface area contributed by atoms with Gasteiger partial charge in [0, 0.05) is 30.8 Å². The molecule has 1 aliphatic rings. The predicted octanol–water partition coefficient (Wildman–Crippen LogP) is 4.42. The van der Waals surface area contributed by atoms with Crippen molar-refractivity contribution in [2.45, 2.75) is 110 Å². The summed E-state index contributed by atoms with van der Waals surface area (Å²) in [5.41, 5.74) is 0.168. The fourth-order valence-electron chi connectivity index (χ4n) is 5.29. The highest BCUT2D eigenvalue weighted by atomic mass is 32.1. The van der Waals surface area contributed by atoms with Crippen molar-refractivity contribution in [3.8, 4) is 12.3 Å². The second-order valence-electron chi connectivity index (χ2n) is 11.4. The summed E-state index contributed by atoms with van der Waals surface area (Å²) < 4.78 is 5.03. The molecular formula is C31H50N4O5S. The molecule has 0 aliphatic carbocycles. The molecule has 0 spiro atoms. The quantitative estimate of drug-likeness (QED) is 0.167. The van der Waals surface area contributed by atoms with Crippen LogP contribution >= 0.6 is 11.3 Å². The van der Waals surface area contributed by atoms with E-state index in [0.717, 1.165) is 38.6 Å². The number of unbranched alkanes of at least 4 members (excludes halogenated alkanes) is 2. The monoisotopic (exact) mass is 590 g/mol. The number of amides is 2. The van der Waals surface area contributed by atoms with Gasteiger partial charge in [0.1, 0.15) is 17.2 Å². The van der Waals surface area contributed by atoms with Crippen molar-refractivity contribution in [2.75, 3.05) is 26.7 Å². The predicted molar refractivity (Wildman–Crippen MR) is 162 cm³/mol. The molecule has 41 heavy (non-hydrogen) atoms. The van der Waals surface area contributed by atoms with Crippen LogP contribution in [0, 0.1) is 24.2 Å². The van der Waals surface area contributed by atoms with E-state index < -0.39 is 18.1 Å². The minimum Gasteiger partial charge on any atom is -0.461 e. The lowest BCUT2D eigenvalue weighted by Crippen LogP contribution is -2.58. The number of rotatable bonds is 16. The first-order chi connectivity index (χ1) is 19.5. The molecule has 0 aromatic carbocycles. The van der Waals surface area contributed by atoms with Crippen LogP contribution in [0.3, 0.4) is 0 Å². The lowest BCUT2D eigenvalue weighted by molar-refractivity contribution is -0.142. The van der Waals surface area contributed by atoms with Crippen LogP contribution in [0.1, 0.15) is 108 Å². The smallest absolute Gasteiger partial charge is 0.357 e. The molecule has 230 valence electrons. The first-order valence-electron chi connectivity index (χ1n) is 15.1. The summed E-state index contributed by atoms with van der Waals surface area (Å²) in [6.07, 6.45) is 10.4. The number of hydrogen-bond acceptors (Lipinski definition) is 8. The Morgan fingerprint density at radius 1 is 1.27 bits per heavy atom. The Bertz CT molecular complexity index is 1020. The third-order valence-electron chi connectivity index (χ3n) is 8.03. The normalized spacial score (nSPS) is 18.7. The zero-order valence-electron chi connectivity index (χ0n) is 25.7. The summed E-state index contributed by atoms with van der Waals surface area (Å²) >= 11 is 1.20. The van der Waals surface area contributed by atoms with E-state index in [0.29, 0.717) is 24.4 Å². The van der Waals surface area contributed by atoms with E-state index >= 15 is 0 Å². The standard InChI is InChI=1S/C31H50N4O5S/c1-8-11-12-14-18-35(25(21(4)5)19-26(36)29-32-23(20-41-29)31(39)40-10-3)30(38)27(22(6)9-2)33-28(37)24-16-13-15-17-34(24)7/h1,20-22,24-27,36H,9-19H2,2-7H3,(H,33,37)/t22-,24+,25+,26+,27-/m0/s1. The molecule has 0 saturated carbocycles. The van der Waals surface area contributed by atoms with Crippen LogP contribution in [0.15, 0.2) is 5.38 Å². The molecule has 0 bridgehead atoms. The van der Waals surface area contributed by atoms with Gasteiger partial charge in [-0.05, 0) is 58.0 Å². The number of nitrogens with zero attached hydrogens (tertiary/aromatic N) is 3. The number of thiazole rings is 1. The number of carbonyl (C=O) groups is 3. The summed E-state index contributed by atoms with van der Waals surface area (Å²) in [7, 11) is 1.96. The number of aliphatic hydroxyl groups excluding tert-OH is 1. The molecule has 2 heterocycles. The number of likely N-dealkylation sites (N-methyl/N-ethyl adjacent to an activating group) is 1. The number of ether oxygens (including phenoxy) is 1. The zero-order chi connectivity index (χ0) is 30.5.